The summed E-state index contributed by atoms with van der Waals surface area (Å²) in [5, 5.41) is 3.10. The molecule has 0 aliphatic carbocycles. The second-order valence-corrected chi connectivity index (χ2v) is 5.91. The van der Waals surface area contributed by atoms with Gasteiger partial charge < -0.3 is 15.8 Å². The Bertz CT molecular complexity index is 453. The molecule has 0 bridgehead atoms. The van der Waals surface area contributed by atoms with E-state index >= 15 is 0 Å². The standard InChI is InChI=1S/C13H17F3N2OS/c14-9-5-10(17)11(6-12(9)19-13(15)16)18-7-8-1-3-20-4-2-8/h5-6,8,13,18H,1-4,7,17H2. The van der Waals surface area contributed by atoms with Crippen molar-refractivity contribution in [2.75, 3.05) is 29.1 Å². The van der Waals surface area contributed by atoms with E-state index in [1.807, 2.05) is 11.8 Å². The first-order chi connectivity index (χ1) is 9.56. The van der Waals surface area contributed by atoms with Crippen LogP contribution in [0.5, 0.6) is 5.75 Å². The normalized spacial score (nSPS) is 16.4. The van der Waals surface area contributed by atoms with E-state index in [9.17, 15) is 13.2 Å². The van der Waals surface area contributed by atoms with Crippen LogP contribution in [-0.4, -0.2) is 24.7 Å². The van der Waals surface area contributed by atoms with Crippen LogP contribution in [0.25, 0.3) is 0 Å². The Morgan fingerprint density at radius 3 is 2.70 bits per heavy atom. The van der Waals surface area contributed by atoms with Crippen molar-refractivity contribution in [1.82, 2.24) is 0 Å². The highest BCUT2D eigenvalue weighted by molar-refractivity contribution is 7.99. The third-order valence-electron chi connectivity index (χ3n) is 3.24. The third-order valence-corrected chi connectivity index (χ3v) is 4.29. The number of halogens is 3. The number of ether oxygens (including phenoxy) is 1. The van der Waals surface area contributed by atoms with Gasteiger partial charge in [0.25, 0.3) is 0 Å². The van der Waals surface area contributed by atoms with Crippen LogP contribution in [-0.2, 0) is 0 Å². The van der Waals surface area contributed by atoms with Crippen LogP contribution in [0.15, 0.2) is 12.1 Å². The topological polar surface area (TPSA) is 47.3 Å². The molecule has 0 aromatic heterocycles. The highest BCUT2D eigenvalue weighted by Gasteiger charge is 2.16. The van der Waals surface area contributed by atoms with E-state index in [1.54, 1.807) is 0 Å². The Morgan fingerprint density at radius 2 is 2.05 bits per heavy atom. The van der Waals surface area contributed by atoms with Gasteiger partial charge in [0.05, 0.1) is 11.4 Å². The van der Waals surface area contributed by atoms with Crippen LogP contribution in [0.2, 0.25) is 0 Å². The van der Waals surface area contributed by atoms with Crippen molar-refractivity contribution in [1.29, 1.82) is 0 Å². The summed E-state index contributed by atoms with van der Waals surface area (Å²) in [6, 6.07) is 2.19. The fourth-order valence-electron chi connectivity index (χ4n) is 2.11. The Balaban J connectivity index is 2.02. The molecular formula is C13H17F3N2OS. The van der Waals surface area contributed by atoms with Crippen LogP contribution in [0, 0.1) is 11.7 Å². The number of benzene rings is 1. The van der Waals surface area contributed by atoms with Gasteiger partial charge in [-0.25, -0.2) is 4.39 Å². The lowest BCUT2D eigenvalue weighted by Crippen LogP contribution is -2.19. The van der Waals surface area contributed by atoms with Crippen molar-refractivity contribution in [3.63, 3.8) is 0 Å². The maximum absolute atomic E-state index is 13.4. The maximum atomic E-state index is 13.4. The van der Waals surface area contributed by atoms with E-state index in [0.717, 1.165) is 30.4 Å². The first kappa shape index (κ1) is 15.2. The van der Waals surface area contributed by atoms with Crippen LogP contribution in [0.3, 0.4) is 0 Å². The van der Waals surface area contributed by atoms with Gasteiger partial charge in [0, 0.05) is 18.7 Å². The Kier molecular flexibility index (Phi) is 5.28. The van der Waals surface area contributed by atoms with E-state index < -0.39 is 18.2 Å². The molecule has 2 rings (SSSR count). The fraction of sp³-hybridized carbons (Fsp3) is 0.538. The van der Waals surface area contributed by atoms with Crippen LogP contribution < -0.4 is 15.8 Å². The molecule has 1 aromatic rings. The van der Waals surface area contributed by atoms with Crippen molar-refractivity contribution in [2.45, 2.75) is 19.5 Å². The number of hydrogen-bond acceptors (Lipinski definition) is 4. The molecule has 1 aliphatic rings. The van der Waals surface area contributed by atoms with E-state index in [1.165, 1.54) is 6.07 Å². The smallest absolute Gasteiger partial charge is 0.387 e. The minimum atomic E-state index is -3.06. The molecule has 20 heavy (non-hydrogen) atoms. The molecule has 1 heterocycles. The highest BCUT2D eigenvalue weighted by atomic mass is 32.2. The quantitative estimate of drug-likeness (QED) is 0.817. The maximum Gasteiger partial charge on any atom is 0.387 e. The van der Waals surface area contributed by atoms with Gasteiger partial charge in [-0.15, -0.1) is 0 Å². The van der Waals surface area contributed by atoms with Crippen LogP contribution >= 0.6 is 11.8 Å². The molecule has 0 spiro atoms. The molecule has 7 heteroatoms. The summed E-state index contributed by atoms with van der Waals surface area (Å²) in [5.74, 6) is 1.41. The van der Waals surface area contributed by atoms with Gasteiger partial charge >= 0.3 is 6.61 Å². The van der Waals surface area contributed by atoms with Gasteiger partial charge in [0.15, 0.2) is 11.6 Å². The number of nitrogens with one attached hydrogen (secondary N) is 1. The lowest BCUT2D eigenvalue weighted by atomic mass is 10.0. The van der Waals surface area contributed by atoms with Gasteiger partial charge in [0.2, 0.25) is 0 Å². The molecule has 1 aliphatic heterocycles. The number of rotatable bonds is 5. The van der Waals surface area contributed by atoms with Crippen molar-refractivity contribution in [3.8, 4) is 5.75 Å². The zero-order valence-corrected chi connectivity index (χ0v) is 11.7. The predicted octanol–water partition coefficient (Wildman–Crippen LogP) is 3.56. The molecule has 3 N–H and O–H groups in total. The van der Waals surface area contributed by atoms with Gasteiger partial charge in [-0.05, 0) is 30.3 Å². The van der Waals surface area contributed by atoms with Gasteiger partial charge in [-0.3, -0.25) is 0 Å². The van der Waals surface area contributed by atoms with E-state index in [-0.39, 0.29) is 5.69 Å². The van der Waals surface area contributed by atoms with Crippen LogP contribution in [0.1, 0.15) is 12.8 Å². The average molecular weight is 306 g/mol. The zero-order chi connectivity index (χ0) is 14.5. The summed E-state index contributed by atoms with van der Waals surface area (Å²) < 4.78 is 41.9. The minimum Gasteiger partial charge on any atom is -0.432 e. The van der Waals surface area contributed by atoms with Crippen molar-refractivity contribution >= 4 is 23.1 Å². The second-order valence-electron chi connectivity index (χ2n) is 4.69. The van der Waals surface area contributed by atoms with Crippen molar-refractivity contribution in [2.24, 2.45) is 5.92 Å². The number of anilines is 2. The Morgan fingerprint density at radius 1 is 1.35 bits per heavy atom. The Labute approximate surface area is 120 Å². The molecule has 0 radical (unpaired) electrons. The summed E-state index contributed by atoms with van der Waals surface area (Å²) in [7, 11) is 0. The molecule has 0 atom stereocenters. The van der Waals surface area contributed by atoms with Crippen LogP contribution in [0.4, 0.5) is 24.5 Å². The fourth-order valence-corrected chi connectivity index (χ4v) is 3.32. The summed E-state index contributed by atoms with van der Waals surface area (Å²) in [6.07, 6.45) is 2.22. The summed E-state index contributed by atoms with van der Waals surface area (Å²) in [5.41, 5.74) is 6.31. The minimum absolute atomic E-state index is 0.189. The lowest BCUT2D eigenvalue weighted by Gasteiger charge is -2.22. The molecule has 3 nitrogen and oxygen atoms in total. The molecule has 0 unspecified atom stereocenters. The van der Waals surface area contributed by atoms with E-state index in [4.69, 9.17) is 5.73 Å². The largest absolute Gasteiger partial charge is 0.432 e. The monoisotopic (exact) mass is 306 g/mol. The van der Waals surface area contributed by atoms with Gasteiger partial charge in [-0.2, -0.15) is 20.5 Å². The van der Waals surface area contributed by atoms with Gasteiger partial charge in [-0.1, -0.05) is 0 Å². The lowest BCUT2D eigenvalue weighted by molar-refractivity contribution is -0.0521. The number of hydrogen-bond donors (Lipinski definition) is 2. The molecular weight excluding hydrogens is 289 g/mol. The molecule has 1 saturated heterocycles. The van der Waals surface area contributed by atoms with Crippen molar-refractivity contribution < 1.29 is 17.9 Å². The molecule has 0 saturated carbocycles. The Hall–Kier alpha value is -1.24. The van der Waals surface area contributed by atoms with E-state index in [2.05, 4.69) is 10.1 Å². The second kappa shape index (κ2) is 6.97. The molecule has 0 amide bonds. The summed E-state index contributed by atoms with van der Waals surface area (Å²) in [6.45, 7) is -2.36. The molecule has 112 valence electrons. The summed E-state index contributed by atoms with van der Waals surface area (Å²) >= 11 is 1.93. The highest BCUT2D eigenvalue weighted by Crippen LogP contribution is 2.30. The molecule has 1 fully saturated rings. The first-order valence-corrected chi connectivity index (χ1v) is 7.57. The number of thioether (sulfide) groups is 1. The number of nitrogen functional groups attached to an aromatic ring is 1. The molecule has 1 aromatic carbocycles. The van der Waals surface area contributed by atoms with E-state index in [0.29, 0.717) is 18.2 Å². The predicted molar refractivity (Wildman–Crippen MR) is 76.0 cm³/mol. The first-order valence-electron chi connectivity index (χ1n) is 6.41. The third kappa shape index (κ3) is 4.13. The van der Waals surface area contributed by atoms with Gasteiger partial charge in [0.1, 0.15) is 0 Å². The SMILES string of the molecule is Nc1cc(F)c(OC(F)F)cc1NCC1CCSCC1. The summed E-state index contributed by atoms with van der Waals surface area (Å²) in [4.78, 5) is 0. The van der Waals surface area contributed by atoms with Crippen molar-refractivity contribution in [3.05, 3.63) is 17.9 Å². The number of alkyl halides is 2. The number of nitrogens with two attached hydrogens (primary N) is 1. The zero-order valence-electron chi connectivity index (χ0n) is 10.9. The average Bonchev–Trinajstić information content (AvgIpc) is 2.41.